The standard InChI is InChI=1S/C14H20O2/c1-5-13(10(2)3)11-6-8-12(9-7-11)14(15)16-4/h6-10,13H,5H2,1-4H3. The van der Waals surface area contributed by atoms with Gasteiger partial charge in [0.15, 0.2) is 0 Å². The molecule has 0 fully saturated rings. The van der Waals surface area contributed by atoms with Gasteiger partial charge in [0.25, 0.3) is 0 Å². The first-order valence-corrected chi connectivity index (χ1v) is 5.78. The topological polar surface area (TPSA) is 26.3 Å². The summed E-state index contributed by atoms with van der Waals surface area (Å²) in [5.41, 5.74) is 1.91. The Balaban J connectivity index is 2.89. The third-order valence-corrected chi connectivity index (χ3v) is 3.00. The molecule has 2 heteroatoms. The van der Waals surface area contributed by atoms with Crippen molar-refractivity contribution in [2.24, 2.45) is 5.92 Å². The van der Waals surface area contributed by atoms with E-state index in [2.05, 4.69) is 25.5 Å². The van der Waals surface area contributed by atoms with E-state index in [1.54, 1.807) is 0 Å². The monoisotopic (exact) mass is 220 g/mol. The molecule has 1 atom stereocenters. The third-order valence-electron chi connectivity index (χ3n) is 3.00. The van der Waals surface area contributed by atoms with Gasteiger partial charge < -0.3 is 4.74 Å². The Labute approximate surface area is 97.6 Å². The van der Waals surface area contributed by atoms with Crippen LogP contribution in [0.15, 0.2) is 24.3 Å². The van der Waals surface area contributed by atoms with Crippen molar-refractivity contribution in [1.29, 1.82) is 0 Å². The first-order valence-electron chi connectivity index (χ1n) is 5.78. The van der Waals surface area contributed by atoms with Gasteiger partial charge in [-0.15, -0.1) is 0 Å². The van der Waals surface area contributed by atoms with E-state index in [-0.39, 0.29) is 5.97 Å². The molecule has 88 valence electrons. The summed E-state index contributed by atoms with van der Waals surface area (Å²) in [6.45, 7) is 6.64. The van der Waals surface area contributed by atoms with Crippen LogP contribution in [-0.4, -0.2) is 13.1 Å². The van der Waals surface area contributed by atoms with Crippen LogP contribution in [0.1, 0.15) is 49.0 Å². The van der Waals surface area contributed by atoms with Crippen LogP contribution in [-0.2, 0) is 4.74 Å². The fraction of sp³-hybridized carbons (Fsp3) is 0.500. The minimum absolute atomic E-state index is 0.274. The number of esters is 1. The maximum absolute atomic E-state index is 11.3. The van der Waals surface area contributed by atoms with Crippen molar-refractivity contribution in [1.82, 2.24) is 0 Å². The average Bonchev–Trinajstić information content (AvgIpc) is 2.29. The number of carbonyl (C=O) groups excluding carboxylic acids is 1. The molecule has 0 amide bonds. The molecule has 0 spiro atoms. The van der Waals surface area contributed by atoms with Gasteiger partial charge in [-0.3, -0.25) is 0 Å². The molecular weight excluding hydrogens is 200 g/mol. The predicted molar refractivity (Wildman–Crippen MR) is 65.7 cm³/mol. The maximum atomic E-state index is 11.3. The third kappa shape index (κ3) is 2.84. The Morgan fingerprint density at radius 2 is 1.81 bits per heavy atom. The molecule has 0 saturated carbocycles. The van der Waals surface area contributed by atoms with Gasteiger partial charge in [-0.05, 0) is 36.0 Å². The van der Waals surface area contributed by atoms with Crippen LogP contribution in [0, 0.1) is 5.92 Å². The molecule has 0 aliphatic rings. The lowest BCUT2D eigenvalue weighted by molar-refractivity contribution is 0.0600. The lowest BCUT2D eigenvalue weighted by Crippen LogP contribution is -2.06. The molecule has 0 radical (unpaired) electrons. The summed E-state index contributed by atoms with van der Waals surface area (Å²) in [5.74, 6) is 0.907. The fourth-order valence-electron chi connectivity index (χ4n) is 2.08. The minimum Gasteiger partial charge on any atom is -0.465 e. The molecule has 1 aromatic carbocycles. The van der Waals surface area contributed by atoms with Gasteiger partial charge in [-0.2, -0.15) is 0 Å². The van der Waals surface area contributed by atoms with E-state index in [0.29, 0.717) is 17.4 Å². The summed E-state index contributed by atoms with van der Waals surface area (Å²) in [6.07, 6.45) is 1.12. The highest BCUT2D eigenvalue weighted by Crippen LogP contribution is 2.27. The minimum atomic E-state index is -0.274. The fourth-order valence-corrected chi connectivity index (χ4v) is 2.08. The largest absolute Gasteiger partial charge is 0.465 e. The quantitative estimate of drug-likeness (QED) is 0.724. The highest BCUT2D eigenvalue weighted by atomic mass is 16.5. The average molecular weight is 220 g/mol. The first-order chi connectivity index (χ1) is 7.60. The van der Waals surface area contributed by atoms with Crippen LogP contribution >= 0.6 is 0 Å². The van der Waals surface area contributed by atoms with Crippen LogP contribution in [0.5, 0.6) is 0 Å². The van der Waals surface area contributed by atoms with E-state index in [0.717, 1.165) is 6.42 Å². The smallest absolute Gasteiger partial charge is 0.337 e. The van der Waals surface area contributed by atoms with Crippen LogP contribution < -0.4 is 0 Å². The molecular formula is C14H20O2. The number of methoxy groups -OCH3 is 1. The first kappa shape index (κ1) is 12.8. The van der Waals surface area contributed by atoms with E-state index in [1.807, 2.05) is 24.3 Å². The number of rotatable bonds is 4. The van der Waals surface area contributed by atoms with Crippen molar-refractivity contribution in [2.45, 2.75) is 33.1 Å². The Morgan fingerprint density at radius 3 is 2.19 bits per heavy atom. The number of benzene rings is 1. The summed E-state index contributed by atoms with van der Waals surface area (Å²) in [4.78, 5) is 11.3. The molecule has 0 aromatic heterocycles. The summed E-state index contributed by atoms with van der Waals surface area (Å²) in [5, 5.41) is 0. The highest BCUT2D eigenvalue weighted by Gasteiger charge is 2.14. The molecule has 1 aromatic rings. The Kier molecular flexibility index (Phi) is 4.53. The number of ether oxygens (including phenoxy) is 1. The van der Waals surface area contributed by atoms with E-state index in [4.69, 9.17) is 0 Å². The second-order valence-electron chi connectivity index (χ2n) is 4.37. The van der Waals surface area contributed by atoms with Crippen molar-refractivity contribution >= 4 is 5.97 Å². The zero-order valence-corrected chi connectivity index (χ0v) is 10.5. The number of carbonyl (C=O) groups is 1. The summed E-state index contributed by atoms with van der Waals surface area (Å²) in [6, 6.07) is 7.74. The Morgan fingerprint density at radius 1 is 1.25 bits per heavy atom. The number of hydrogen-bond acceptors (Lipinski definition) is 2. The summed E-state index contributed by atoms with van der Waals surface area (Å²) >= 11 is 0. The van der Waals surface area contributed by atoms with Crippen molar-refractivity contribution in [2.75, 3.05) is 7.11 Å². The molecule has 0 aliphatic heterocycles. The molecule has 0 N–H and O–H groups in total. The van der Waals surface area contributed by atoms with Crippen molar-refractivity contribution in [3.8, 4) is 0 Å². The van der Waals surface area contributed by atoms with Crippen molar-refractivity contribution in [3.05, 3.63) is 35.4 Å². The number of hydrogen-bond donors (Lipinski definition) is 0. The van der Waals surface area contributed by atoms with Gasteiger partial charge >= 0.3 is 5.97 Å². The maximum Gasteiger partial charge on any atom is 0.337 e. The Hall–Kier alpha value is -1.31. The van der Waals surface area contributed by atoms with Gasteiger partial charge in [0.05, 0.1) is 12.7 Å². The normalized spacial score (nSPS) is 12.6. The highest BCUT2D eigenvalue weighted by molar-refractivity contribution is 5.89. The summed E-state index contributed by atoms with van der Waals surface area (Å²) in [7, 11) is 1.40. The Bertz CT molecular complexity index is 338. The molecule has 1 rings (SSSR count). The predicted octanol–water partition coefficient (Wildman–Crippen LogP) is 3.62. The molecule has 0 saturated heterocycles. The van der Waals surface area contributed by atoms with E-state index in [1.165, 1.54) is 12.7 Å². The molecule has 1 unspecified atom stereocenters. The van der Waals surface area contributed by atoms with Crippen LogP contribution in [0.25, 0.3) is 0 Å². The molecule has 0 heterocycles. The van der Waals surface area contributed by atoms with Gasteiger partial charge in [0, 0.05) is 0 Å². The van der Waals surface area contributed by atoms with Gasteiger partial charge in [0.1, 0.15) is 0 Å². The second-order valence-corrected chi connectivity index (χ2v) is 4.37. The van der Waals surface area contributed by atoms with Gasteiger partial charge in [0.2, 0.25) is 0 Å². The molecule has 16 heavy (non-hydrogen) atoms. The molecule has 0 bridgehead atoms. The summed E-state index contributed by atoms with van der Waals surface area (Å²) < 4.78 is 4.67. The van der Waals surface area contributed by atoms with Crippen LogP contribution in [0.3, 0.4) is 0 Å². The SMILES string of the molecule is CCC(c1ccc(C(=O)OC)cc1)C(C)C. The van der Waals surface area contributed by atoms with Crippen LogP contribution in [0.2, 0.25) is 0 Å². The van der Waals surface area contributed by atoms with Crippen molar-refractivity contribution < 1.29 is 9.53 Å². The van der Waals surface area contributed by atoms with E-state index in [9.17, 15) is 4.79 Å². The van der Waals surface area contributed by atoms with E-state index >= 15 is 0 Å². The molecule has 0 aliphatic carbocycles. The van der Waals surface area contributed by atoms with Crippen molar-refractivity contribution in [3.63, 3.8) is 0 Å². The molecule has 2 nitrogen and oxygen atoms in total. The lowest BCUT2D eigenvalue weighted by atomic mass is 9.86. The van der Waals surface area contributed by atoms with E-state index < -0.39 is 0 Å². The van der Waals surface area contributed by atoms with Crippen LogP contribution in [0.4, 0.5) is 0 Å². The zero-order chi connectivity index (χ0) is 12.1. The van der Waals surface area contributed by atoms with Gasteiger partial charge in [-0.1, -0.05) is 32.9 Å². The van der Waals surface area contributed by atoms with Gasteiger partial charge in [-0.25, -0.2) is 4.79 Å². The second kappa shape index (κ2) is 5.69. The zero-order valence-electron chi connectivity index (χ0n) is 10.5. The lowest BCUT2D eigenvalue weighted by Gasteiger charge is -2.19.